The monoisotopic (exact) mass is 740 g/mol. The molecular weight excluding hydrogens is 681 g/mol. The quantitative estimate of drug-likeness (QED) is 0.168. The van der Waals surface area contributed by atoms with Gasteiger partial charge >= 0.3 is 0 Å². The minimum Gasteiger partial charge on any atom is -0.374 e. The average Bonchev–Trinajstić information content (AvgIpc) is 3.63. The van der Waals surface area contributed by atoms with Crippen LogP contribution in [0.25, 0.3) is 0 Å². The Morgan fingerprint density at radius 1 is 1.08 bits per heavy atom. The number of hydrogen-bond donors (Lipinski definition) is 3. The maximum absolute atomic E-state index is 14.1. The van der Waals surface area contributed by atoms with Gasteiger partial charge in [0.1, 0.15) is 35.2 Å². The molecule has 1 aliphatic rings. The van der Waals surface area contributed by atoms with E-state index in [9.17, 15) is 24.0 Å². The molecule has 0 unspecified atom stereocenters. The van der Waals surface area contributed by atoms with Gasteiger partial charge in [0.2, 0.25) is 17.7 Å². The van der Waals surface area contributed by atoms with Crippen LogP contribution in [0.4, 0.5) is 0 Å². The minimum absolute atomic E-state index is 0.0484. The Balaban J connectivity index is 1.76. The Labute approximate surface area is 313 Å². The van der Waals surface area contributed by atoms with Gasteiger partial charge in [-0.2, -0.15) is 0 Å². The number of amides is 4. The van der Waals surface area contributed by atoms with Crippen molar-refractivity contribution in [2.24, 2.45) is 11.8 Å². The van der Waals surface area contributed by atoms with Crippen LogP contribution in [0.15, 0.2) is 35.7 Å². The molecule has 0 bridgehead atoms. The van der Waals surface area contributed by atoms with Crippen molar-refractivity contribution in [1.82, 2.24) is 30.7 Å². The fourth-order valence-electron chi connectivity index (χ4n) is 6.72. The summed E-state index contributed by atoms with van der Waals surface area (Å²) in [4.78, 5) is 74.4. The van der Waals surface area contributed by atoms with Crippen molar-refractivity contribution < 1.29 is 28.7 Å². The number of likely N-dealkylation sites (N-methyl/N-ethyl adjacent to an activating group) is 2. The normalized spacial score (nSPS) is 18.4. The number of likely N-dealkylation sites (tertiary alicyclic amines) is 1. The van der Waals surface area contributed by atoms with Crippen molar-refractivity contribution >= 4 is 41.3 Å². The lowest BCUT2D eigenvalue weighted by atomic mass is 9.92. The molecular formula is C39H60N6O6S. The fraction of sp³-hybridized carbons (Fsp3) is 0.641. The molecule has 1 saturated heterocycles. The number of nitrogens with zero attached hydrogens (tertiary/aromatic N) is 3. The number of ether oxygens (including phenoxy) is 1. The predicted molar refractivity (Wildman–Crippen MR) is 204 cm³/mol. The lowest BCUT2D eigenvalue weighted by Crippen LogP contribution is -2.58. The topological polar surface area (TPSA) is 150 Å². The van der Waals surface area contributed by atoms with Gasteiger partial charge in [-0.25, -0.2) is 4.98 Å². The summed E-state index contributed by atoms with van der Waals surface area (Å²) in [7, 11) is 5.32. The number of methoxy groups -OCH3 is 1. The molecule has 1 aromatic carbocycles. The zero-order valence-electron chi connectivity index (χ0n) is 32.2. The summed E-state index contributed by atoms with van der Waals surface area (Å²) < 4.78 is 5.91. The summed E-state index contributed by atoms with van der Waals surface area (Å²) in [6, 6.07) is 6.61. The van der Waals surface area contributed by atoms with E-state index < -0.39 is 36.0 Å². The number of carbonyl (C=O) groups excluding carboxylic acids is 5. The SMILES string of the molecule is CCC[C@@H](C=O)NC(=O)[C@H](Cc1ccccc1)NC(=O)c1csc([C@@H](C[C@H](C(C)C)N(C)C(=O)[C@@H](NC(=O)[C@H]2CCCCN2C)[C@@H](C)CC)OC)n1. The third-order valence-corrected chi connectivity index (χ3v) is 11.2. The number of thiazole rings is 1. The first-order valence-electron chi connectivity index (χ1n) is 18.7. The fourth-order valence-corrected chi connectivity index (χ4v) is 7.60. The standard InChI is InChI=1S/C39H60N6O6S/c1-9-16-28(23-46)40-35(47)29(21-27-17-12-11-13-18-27)41-36(48)30-24-52-38(42-30)33(51-8)22-32(25(3)4)45(7)39(50)34(26(5)10-2)43-37(49)31-19-14-15-20-44(31)6/h11-13,17-18,23-26,28-29,31-34H,9-10,14-16,19-22H2,1-8H3,(H,40,47)(H,41,48)(H,43,49)/t26-,28-,29-,31+,32+,33+,34-/m0/s1. The van der Waals surface area contributed by atoms with Gasteiger partial charge < -0.3 is 30.4 Å². The van der Waals surface area contributed by atoms with Crippen LogP contribution in [0.1, 0.15) is 107 Å². The highest BCUT2D eigenvalue weighted by molar-refractivity contribution is 7.09. The first-order valence-corrected chi connectivity index (χ1v) is 19.6. The Bertz CT molecular complexity index is 1450. The Morgan fingerprint density at radius 2 is 1.79 bits per heavy atom. The van der Waals surface area contributed by atoms with E-state index in [-0.39, 0.29) is 47.8 Å². The smallest absolute Gasteiger partial charge is 0.271 e. The number of aromatic nitrogens is 1. The van der Waals surface area contributed by atoms with Gasteiger partial charge in [-0.15, -0.1) is 11.3 Å². The van der Waals surface area contributed by atoms with Gasteiger partial charge in [0, 0.05) is 38.4 Å². The highest BCUT2D eigenvalue weighted by Crippen LogP contribution is 2.30. The van der Waals surface area contributed by atoms with Crippen molar-refractivity contribution in [3.05, 3.63) is 52.0 Å². The Morgan fingerprint density at radius 3 is 2.38 bits per heavy atom. The molecule has 7 atom stereocenters. The maximum atomic E-state index is 14.1. The molecule has 3 N–H and O–H groups in total. The van der Waals surface area contributed by atoms with Crippen LogP contribution >= 0.6 is 11.3 Å². The van der Waals surface area contributed by atoms with Gasteiger partial charge in [-0.1, -0.05) is 84.2 Å². The van der Waals surface area contributed by atoms with E-state index in [0.29, 0.717) is 24.1 Å². The molecule has 2 heterocycles. The van der Waals surface area contributed by atoms with Crippen molar-refractivity contribution in [2.45, 2.75) is 122 Å². The summed E-state index contributed by atoms with van der Waals surface area (Å²) >= 11 is 1.28. The van der Waals surface area contributed by atoms with Crippen molar-refractivity contribution in [3.8, 4) is 0 Å². The molecule has 12 nitrogen and oxygen atoms in total. The molecule has 4 amide bonds. The molecule has 52 heavy (non-hydrogen) atoms. The molecule has 13 heteroatoms. The van der Waals surface area contributed by atoms with Crippen LogP contribution in [0.2, 0.25) is 0 Å². The van der Waals surface area contributed by atoms with Crippen LogP contribution in [0, 0.1) is 11.8 Å². The van der Waals surface area contributed by atoms with E-state index in [2.05, 4.69) is 25.8 Å². The summed E-state index contributed by atoms with van der Waals surface area (Å²) in [5.74, 6) is -1.23. The van der Waals surface area contributed by atoms with E-state index in [0.717, 1.165) is 44.2 Å². The zero-order chi connectivity index (χ0) is 38.4. The van der Waals surface area contributed by atoms with Crippen molar-refractivity contribution in [1.29, 1.82) is 0 Å². The number of carbonyl (C=O) groups is 5. The molecule has 3 rings (SSSR count). The van der Waals surface area contributed by atoms with Gasteiger partial charge in [-0.3, -0.25) is 24.1 Å². The van der Waals surface area contributed by atoms with Gasteiger partial charge in [0.05, 0.1) is 12.1 Å². The van der Waals surface area contributed by atoms with E-state index in [1.54, 1.807) is 24.4 Å². The maximum Gasteiger partial charge on any atom is 0.271 e. The van der Waals surface area contributed by atoms with Crippen LogP contribution in [0.5, 0.6) is 0 Å². The number of benzene rings is 1. The Kier molecular flexibility index (Phi) is 17.4. The van der Waals surface area contributed by atoms with E-state index >= 15 is 0 Å². The van der Waals surface area contributed by atoms with Crippen LogP contribution in [-0.2, 0) is 30.3 Å². The third-order valence-electron chi connectivity index (χ3n) is 10.2. The van der Waals surface area contributed by atoms with Gasteiger partial charge in [-0.05, 0) is 50.3 Å². The number of aldehydes is 1. The number of rotatable bonds is 20. The summed E-state index contributed by atoms with van der Waals surface area (Å²) in [6.45, 7) is 10.9. The van der Waals surface area contributed by atoms with Crippen molar-refractivity contribution in [3.63, 3.8) is 0 Å². The first kappa shape index (κ1) is 42.7. The van der Waals surface area contributed by atoms with Crippen LogP contribution in [-0.4, -0.2) is 103 Å². The van der Waals surface area contributed by atoms with E-state index in [1.165, 1.54) is 11.3 Å². The molecule has 1 fully saturated rings. The number of nitrogens with one attached hydrogen (secondary N) is 3. The van der Waals surface area contributed by atoms with Crippen LogP contribution < -0.4 is 16.0 Å². The first-order chi connectivity index (χ1) is 24.8. The highest BCUT2D eigenvalue weighted by atomic mass is 32.1. The molecule has 1 aliphatic heterocycles. The summed E-state index contributed by atoms with van der Waals surface area (Å²) in [5.41, 5.74) is 1.00. The molecule has 2 aromatic rings. The molecule has 1 aromatic heterocycles. The average molecular weight is 741 g/mol. The molecule has 0 spiro atoms. The van der Waals surface area contributed by atoms with Gasteiger partial charge in [0.15, 0.2) is 0 Å². The molecule has 0 aliphatic carbocycles. The lowest BCUT2D eigenvalue weighted by Gasteiger charge is -2.38. The summed E-state index contributed by atoms with van der Waals surface area (Å²) in [5, 5.41) is 10.9. The lowest BCUT2D eigenvalue weighted by molar-refractivity contribution is -0.141. The van der Waals surface area contributed by atoms with Gasteiger partial charge in [0.25, 0.3) is 5.91 Å². The largest absolute Gasteiger partial charge is 0.374 e. The molecule has 288 valence electrons. The predicted octanol–water partition coefficient (Wildman–Crippen LogP) is 4.54. The molecule has 0 radical (unpaired) electrons. The van der Waals surface area contributed by atoms with Crippen LogP contribution in [0.3, 0.4) is 0 Å². The minimum atomic E-state index is -0.931. The van der Waals surface area contributed by atoms with E-state index in [4.69, 9.17) is 4.74 Å². The second-order valence-electron chi connectivity index (χ2n) is 14.4. The highest BCUT2D eigenvalue weighted by Gasteiger charge is 2.37. The zero-order valence-corrected chi connectivity index (χ0v) is 33.0. The third kappa shape index (κ3) is 11.9. The second kappa shape index (κ2) is 21.1. The molecule has 0 saturated carbocycles. The number of hydrogen-bond acceptors (Lipinski definition) is 9. The van der Waals surface area contributed by atoms with E-state index in [1.807, 2.05) is 72.0 Å². The number of piperidine rings is 1. The Hall–Kier alpha value is -3.68. The summed E-state index contributed by atoms with van der Waals surface area (Å²) in [6.07, 6.45) is 5.62. The van der Waals surface area contributed by atoms with Crippen molar-refractivity contribution in [2.75, 3.05) is 27.7 Å². The second-order valence-corrected chi connectivity index (χ2v) is 15.3.